The summed E-state index contributed by atoms with van der Waals surface area (Å²) in [5.41, 5.74) is 2.13. The normalized spacial score (nSPS) is 15.0. The van der Waals surface area contributed by atoms with Crippen molar-refractivity contribution in [1.82, 2.24) is 10.2 Å². The van der Waals surface area contributed by atoms with Crippen LogP contribution in [-0.4, -0.2) is 36.3 Å². The molecule has 1 fully saturated rings. The lowest BCUT2D eigenvalue weighted by Gasteiger charge is -2.31. The van der Waals surface area contributed by atoms with E-state index in [4.69, 9.17) is 0 Å². The van der Waals surface area contributed by atoms with Crippen molar-refractivity contribution in [3.05, 3.63) is 65.5 Å². The number of piperidine rings is 1. The predicted octanol–water partition coefficient (Wildman–Crippen LogP) is 4.21. The van der Waals surface area contributed by atoms with Crippen LogP contribution in [0.1, 0.15) is 48.5 Å². The molecular formula is C24H30FN3O2. The molecule has 1 aliphatic heterocycles. The van der Waals surface area contributed by atoms with Crippen LogP contribution in [0.4, 0.5) is 10.1 Å². The summed E-state index contributed by atoms with van der Waals surface area (Å²) in [7, 11) is 0. The fraction of sp³-hybridized carbons (Fsp3) is 0.417. The summed E-state index contributed by atoms with van der Waals surface area (Å²) >= 11 is 0. The van der Waals surface area contributed by atoms with Gasteiger partial charge in [-0.15, -0.1) is 0 Å². The van der Waals surface area contributed by atoms with Crippen LogP contribution in [0, 0.1) is 11.7 Å². The van der Waals surface area contributed by atoms with E-state index in [-0.39, 0.29) is 23.5 Å². The first kappa shape index (κ1) is 22.0. The number of amides is 2. The number of unbranched alkanes of at least 4 members (excludes halogenated alkanes) is 1. The topological polar surface area (TPSA) is 61.4 Å². The van der Waals surface area contributed by atoms with E-state index in [2.05, 4.69) is 22.5 Å². The molecule has 2 N–H and O–H groups in total. The molecule has 5 nitrogen and oxygen atoms in total. The summed E-state index contributed by atoms with van der Waals surface area (Å²) < 4.78 is 13.1. The van der Waals surface area contributed by atoms with Gasteiger partial charge >= 0.3 is 0 Å². The summed E-state index contributed by atoms with van der Waals surface area (Å²) in [6.45, 7) is 5.09. The molecule has 2 amide bonds. The maximum Gasteiger partial charge on any atom is 0.253 e. The molecule has 6 heteroatoms. The molecule has 2 aromatic carbocycles. The van der Waals surface area contributed by atoms with Gasteiger partial charge in [-0.3, -0.25) is 14.5 Å². The van der Waals surface area contributed by atoms with Crippen molar-refractivity contribution in [2.24, 2.45) is 5.92 Å². The van der Waals surface area contributed by atoms with Crippen molar-refractivity contribution in [3.8, 4) is 0 Å². The van der Waals surface area contributed by atoms with Gasteiger partial charge in [0, 0.05) is 19.0 Å². The number of hydrogen-bond donors (Lipinski definition) is 2. The van der Waals surface area contributed by atoms with Crippen molar-refractivity contribution in [2.75, 3.05) is 25.0 Å². The van der Waals surface area contributed by atoms with E-state index in [1.54, 1.807) is 30.3 Å². The van der Waals surface area contributed by atoms with Crippen LogP contribution in [0.5, 0.6) is 0 Å². The molecule has 0 unspecified atom stereocenters. The molecule has 1 heterocycles. The fourth-order valence-corrected chi connectivity index (χ4v) is 3.70. The van der Waals surface area contributed by atoms with Crippen LogP contribution in [-0.2, 0) is 11.3 Å². The van der Waals surface area contributed by atoms with Gasteiger partial charge in [0.05, 0.1) is 11.3 Å². The Bertz CT molecular complexity index is 846. The SMILES string of the molecule is CCCCNC(=O)c1ccccc1NC(=O)C1CCN(Cc2ccc(F)cc2)CC1. The van der Waals surface area contributed by atoms with E-state index >= 15 is 0 Å². The number of nitrogens with zero attached hydrogens (tertiary/aromatic N) is 1. The van der Waals surface area contributed by atoms with Gasteiger partial charge in [0.15, 0.2) is 0 Å². The van der Waals surface area contributed by atoms with Crippen molar-refractivity contribution >= 4 is 17.5 Å². The lowest BCUT2D eigenvalue weighted by molar-refractivity contribution is -0.121. The third kappa shape index (κ3) is 6.13. The van der Waals surface area contributed by atoms with Gasteiger partial charge < -0.3 is 10.6 Å². The minimum absolute atomic E-state index is 0.0368. The van der Waals surface area contributed by atoms with Crippen molar-refractivity contribution < 1.29 is 14.0 Å². The molecule has 1 aliphatic rings. The second-order valence-corrected chi connectivity index (χ2v) is 7.82. The van der Waals surface area contributed by atoms with Gasteiger partial charge in [-0.05, 0) is 62.2 Å². The van der Waals surface area contributed by atoms with E-state index in [0.717, 1.165) is 50.9 Å². The molecule has 2 aromatic rings. The summed E-state index contributed by atoms with van der Waals surface area (Å²) in [5, 5.41) is 5.87. The Hall–Kier alpha value is -2.73. The largest absolute Gasteiger partial charge is 0.352 e. The van der Waals surface area contributed by atoms with E-state index in [0.29, 0.717) is 17.8 Å². The summed E-state index contributed by atoms with van der Waals surface area (Å²) in [6.07, 6.45) is 3.46. The Kier molecular flexibility index (Phi) is 7.97. The van der Waals surface area contributed by atoms with Crippen LogP contribution in [0.25, 0.3) is 0 Å². The van der Waals surface area contributed by atoms with E-state index < -0.39 is 0 Å². The van der Waals surface area contributed by atoms with Gasteiger partial charge in [-0.1, -0.05) is 37.6 Å². The lowest BCUT2D eigenvalue weighted by Crippen LogP contribution is -2.38. The molecule has 0 radical (unpaired) electrons. The number of para-hydroxylation sites is 1. The lowest BCUT2D eigenvalue weighted by atomic mass is 9.95. The second-order valence-electron chi connectivity index (χ2n) is 7.82. The monoisotopic (exact) mass is 411 g/mol. The molecule has 1 saturated heterocycles. The standard InChI is InChI=1S/C24H30FN3O2/c1-2-3-14-26-24(30)21-6-4-5-7-22(21)27-23(29)19-12-15-28(16-13-19)17-18-8-10-20(25)11-9-18/h4-11,19H,2-3,12-17H2,1H3,(H,26,30)(H,27,29). The molecule has 0 atom stereocenters. The predicted molar refractivity (Wildman–Crippen MR) is 117 cm³/mol. The molecule has 0 spiro atoms. The maximum atomic E-state index is 13.1. The molecule has 30 heavy (non-hydrogen) atoms. The zero-order chi connectivity index (χ0) is 21.3. The Morgan fingerprint density at radius 3 is 2.47 bits per heavy atom. The molecule has 0 aromatic heterocycles. The first-order chi connectivity index (χ1) is 14.6. The highest BCUT2D eigenvalue weighted by Crippen LogP contribution is 2.22. The summed E-state index contributed by atoms with van der Waals surface area (Å²) in [5.74, 6) is -0.502. The average molecular weight is 412 g/mol. The number of benzene rings is 2. The zero-order valence-corrected chi connectivity index (χ0v) is 17.5. The minimum Gasteiger partial charge on any atom is -0.352 e. The minimum atomic E-state index is -0.228. The van der Waals surface area contributed by atoms with Crippen LogP contribution in [0.15, 0.2) is 48.5 Å². The number of anilines is 1. The third-order valence-corrected chi connectivity index (χ3v) is 5.52. The molecule has 0 bridgehead atoms. The quantitative estimate of drug-likeness (QED) is 0.640. The summed E-state index contributed by atoms with van der Waals surface area (Å²) in [4.78, 5) is 27.5. The van der Waals surface area contributed by atoms with Gasteiger partial charge in [0.25, 0.3) is 5.91 Å². The second kappa shape index (κ2) is 10.9. The molecule has 160 valence electrons. The van der Waals surface area contributed by atoms with Gasteiger partial charge in [-0.25, -0.2) is 4.39 Å². The number of hydrogen-bond acceptors (Lipinski definition) is 3. The van der Waals surface area contributed by atoms with Gasteiger partial charge in [0.2, 0.25) is 5.91 Å². The average Bonchev–Trinajstić information content (AvgIpc) is 2.76. The highest BCUT2D eigenvalue weighted by Gasteiger charge is 2.26. The van der Waals surface area contributed by atoms with Crippen molar-refractivity contribution in [1.29, 1.82) is 0 Å². The Morgan fingerprint density at radius 2 is 1.77 bits per heavy atom. The third-order valence-electron chi connectivity index (χ3n) is 5.52. The highest BCUT2D eigenvalue weighted by atomic mass is 19.1. The molecule has 0 saturated carbocycles. The molecule has 3 rings (SSSR count). The van der Waals surface area contributed by atoms with Gasteiger partial charge in [0.1, 0.15) is 5.82 Å². The summed E-state index contributed by atoms with van der Waals surface area (Å²) in [6, 6.07) is 13.7. The van der Waals surface area contributed by atoms with Crippen molar-refractivity contribution in [2.45, 2.75) is 39.2 Å². The van der Waals surface area contributed by atoms with Crippen LogP contribution in [0.3, 0.4) is 0 Å². The Labute approximate surface area is 177 Å². The maximum absolute atomic E-state index is 13.1. The van der Waals surface area contributed by atoms with Crippen molar-refractivity contribution in [3.63, 3.8) is 0 Å². The van der Waals surface area contributed by atoms with E-state index in [9.17, 15) is 14.0 Å². The van der Waals surface area contributed by atoms with Crippen LogP contribution < -0.4 is 10.6 Å². The number of carbonyl (C=O) groups is 2. The number of halogens is 1. The Balaban J connectivity index is 1.52. The molecular weight excluding hydrogens is 381 g/mol. The van der Waals surface area contributed by atoms with E-state index in [1.165, 1.54) is 12.1 Å². The fourth-order valence-electron chi connectivity index (χ4n) is 3.70. The smallest absolute Gasteiger partial charge is 0.253 e. The van der Waals surface area contributed by atoms with Crippen LogP contribution >= 0.6 is 0 Å². The number of rotatable bonds is 8. The number of likely N-dealkylation sites (tertiary alicyclic amines) is 1. The molecule has 0 aliphatic carbocycles. The first-order valence-electron chi connectivity index (χ1n) is 10.7. The van der Waals surface area contributed by atoms with Gasteiger partial charge in [-0.2, -0.15) is 0 Å². The van der Waals surface area contributed by atoms with E-state index in [1.807, 2.05) is 6.07 Å². The zero-order valence-electron chi connectivity index (χ0n) is 17.5. The number of carbonyl (C=O) groups excluding carboxylic acids is 2. The highest BCUT2D eigenvalue weighted by molar-refractivity contribution is 6.04. The van der Waals surface area contributed by atoms with Crippen LogP contribution in [0.2, 0.25) is 0 Å². The Morgan fingerprint density at radius 1 is 1.07 bits per heavy atom. The number of nitrogens with one attached hydrogen (secondary N) is 2. The first-order valence-corrected chi connectivity index (χ1v) is 10.7.